The second kappa shape index (κ2) is 4.40. The van der Waals surface area contributed by atoms with E-state index in [4.69, 9.17) is 4.74 Å². The standard InChI is InChI=1S/C11H13N3O3/c1-3-7-5-10(15)14-9(12-7)6-8(13-14)11(16)17-4-2/h5-6,13H,3-4H2,1-2H3. The molecular formula is C11H13N3O3. The number of aryl methyl sites for hydroxylation is 1. The highest BCUT2D eigenvalue weighted by atomic mass is 16.5. The quantitative estimate of drug-likeness (QED) is 0.797. The van der Waals surface area contributed by atoms with Crippen molar-refractivity contribution in [1.29, 1.82) is 0 Å². The van der Waals surface area contributed by atoms with Crippen LogP contribution in [0.4, 0.5) is 0 Å². The minimum atomic E-state index is -0.490. The van der Waals surface area contributed by atoms with E-state index in [0.717, 1.165) is 0 Å². The summed E-state index contributed by atoms with van der Waals surface area (Å²) in [6.45, 7) is 3.92. The van der Waals surface area contributed by atoms with E-state index in [2.05, 4.69) is 10.1 Å². The van der Waals surface area contributed by atoms with Gasteiger partial charge >= 0.3 is 5.97 Å². The van der Waals surface area contributed by atoms with E-state index >= 15 is 0 Å². The van der Waals surface area contributed by atoms with E-state index in [1.54, 1.807) is 6.92 Å². The molecule has 0 spiro atoms. The van der Waals surface area contributed by atoms with Crippen LogP contribution >= 0.6 is 0 Å². The van der Waals surface area contributed by atoms with Crippen molar-refractivity contribution in [2.75, 3.05) is 6.61 Å². The van der Waals surface area contributed by atoms with Gasteiger partial charge in [0.1, 0.15) is 5.69 Å². The Balaban J connectivity index is 2.53. The molecule has 2 rings (SSSR count). The lowest BCUT2D eigenvalue weighted by Crippen LogP contribution is -2.16. The summed E-state index contributed by atoms with van der Waals surface area (Å²) in [6, 6.07) is 2.96. The molecule has 2 aromatic heterocycles. The molecule has 0 amide bonds. The Bertz CT molecular complexity index is 612. The summed E-state index contributed by atoms with van der Waals surface area (Å²) in [5, 5.41) is 2.67. The Hall–Kier alpha value is -2.11. The molecule has 0 aliphatic heterocycles. The van der Waals surface area contributed by atoms with Crippen molar-refractivity contribution in [3.05, 3.63) is 33.9 Å². The van der Waals surface area contributed by atoms with Gasteiger partial charge in [-0.1, -0.05) is 6.92 Å². The number of ether oxygens (including phenoxy) is 1. The second-order valence-corrected chi connectivity index (χ2v) is 3.52. The number of fused-ring (bicyclic) bond motifs is 1. The van der Waals surface area contributed by atoms with Gasteiger partial charge < -0.3 is 4.74 Å². The maximum Gasteiger partial charge on any atom is 0.356 e. The van der Waals surface area contributed by atoms with Crippen LogP contribution in [-0.4, -0.2) is 27.2 Å². The fourth-order valence-electron chi connectivity index (χ4n) is 1.53. The molecule has 0 radical (unpaired) electrons. The first-order valence-electron chi connectivity index (χ1n) is 5.44. The Kier molecular flexibility index (Phi) is 2.95. The minimum absolute atomic E-state index is 0.227. The third-order valence-corrected chi connectivity index (χ3v) is 2.36. The van der Waals surface area contributed by atoms with Crippen LogP contribution in [0, 0.1) is 0 Å². The molecule has 0 aliphatic carbocycles. The molecule has 0 aliphatic rings. The van der Waals surface area contributed by atoms with Crippen LogP contribution in [0.2, 0.25) is 0 Å². The predicted molar refractivity (Wildman–Crippen MR) is 61.1 cm³/mol. The zero-order valence-corrected chi connectivity index (χ0v) is 9.69. The average Bonchev–Trinajstić information content (AvgIpc) is 2.73. The van der Waals surface area contributed by atoms with Crippen molar-refractivity contribution < 1.29 is 9.53 Å². The molecule has 0 saturated heterocycles. The van der Waals surface area contributed by atoms with Gasteiger partial charge in [-0.2, -0.15) is 0 Å². The van der Waals surface area contributed by atoms with E-state index in [1.807, 2.05) is 6.92 Å². The van der Waals surface area contributed by atoms with Gasteiger partial charge in [-0.3, -0.25) is 9.89 Å². The van der Waals surface area contributed by atoms with Crippen molar-refractivity contribution in [2.24, 2.45) is 0 Å². The maximum absolute atomic E-state index is 11.7. The SMILES string of the molecule is CCOC(=O)c1cc2nc(CC)cc(=O)n2[nH]1. The Morgan fingerprint density at radius 1 is 1.47 bits per heavy atom. The third kappa shape index (κ3) is 2.06. The molecule has 0 unspecified atom stereocenters. The van der Waals surface area contributed by atoms with Gasteiger partial charge in [0.25, 0.3) is 5.56 Å². The summed E-state index contributed by atoms with van der Waals surface area (Å²) in [4.78, 5) is 27.4. The van der Waals surface area contributed by atoms with Crippen LogP contribution < -0.4 is 5.56 Å². The van der Waals surface area contributed by atoms with Crippen LogP contribution in [-0.2, 0) is 11.2 Å². The number of aromatic amines is 1. The maximum atomic E-state index is 11.7. The van der Waals surface area contributed by atoms with Crippen LogP contribution in [0.5, 0.6) is 0 Å². The highest BCUT2D eigenvalue weighted by Gasteiger charge is 2.12. The molecule has 2 aromatic rings. The molecule has 1 N–H and O–H groups in total. The summed E-state index contributed by atoms with van der Waals surface area (Å²) >= 11 is 0. The summed E-state index contributed by atoms with van der Waals surface area (Å²) in [5.74, 6) is -0.490. The van der Waals surface area contributed by atoms with Gasteiger partial charge in [-0.25, -0.2) is 14.3 Å². The van der Waals surface area contributed by atoms with Crippen molar-refractivity contribution in [1.82, 2.24) is 14.6 Å². The smallest absolute Gasteiger partial charge is 0.356 e. The first kappa shape index (κ1) is 11.4. The predicted octanol–water partition coefficient (Wildman–Crippen LogP) is 0.762. The number of H-pyrrole nitrogens is 1. The van der Waals surface area contributed by atoms with Gasteiger partial charge in [0.05, 0.1) is 6.61 Å². The van der Waals surface area contributed by atoms with E-state index in [1.165, 1.54) is 16.6 Å². The number of carbonyl (C=O) groups excluding carboxylic acids is 1. The molecule has 6 nitrogen and oxygen atoms in total. The van der Waals surface area contributed by atoms with Crippen LogP contribution in [0.3, 0.4) is 0 Å². The number of rotatable bonds is 3. The van der Waals surface area contributed by atoms with E-state index in [-0.39, 0.29) is 17.9 Å². The topological polar surface area (TPSA) is 76.5 Å². The molecule has 0 atom stereocenters. The van der Waals surface area contributed by atoms with Crippen molar-refractivity contribution in [2.45, 2.75) is 20.3 Å². The molecule has 0 fully saturated rings. The van der Waals surface area contributed by atoms with Gasteiger partial charge in [0.2, 0.25) is 0 Å². The van der Waals surface area contributed by atoms with E-state index < -0.39 is 5.97 Å². The number of hydrogen-bond acceptors (Lipinski definition) is 4. The summed E-state index contributed by atoms with van der Waals surface area (Å²) in [6.07, 6.45) is 0.672. The molecule has 90 valence electrons. The molecule has 0 aromatic carbocycles. The zero-order chi connectivity index (χ0) is 12.4. The lowest BCUT2D eigenvalue weighted by molar-refractivity contribution is 0.0519. The van der Waals surface area contributed by atoms with E-state index in [0.29, 0.717) is 17.8 Å². The fourth-order valence-corrected chi connectivity index (χ4v) is 1.53. The molecule has 0 saturated carbocycles. The van der Waals surface area contributed by atoms with Gasteiger partial charge in [0.15, 0.2) is 5.65 Å². The molecular weight excluding hydrogens is 222 g/mol. The lowest BCUT2D eigenvalue weighted by Gasteiger charge is -1.96. The molecule has 6 heteroatoms. The third-order valence-electron chi connectivity index (χ3n) is 2.36. The van der Waals surface area contributed by atoms with Crippen LogP contribution in [0.15, 0.2) is 16.9 Å². The lowest BCUT2D eigenvalue weighted by atomic mass is 10.3. The Labute approximate surface area is 97.2 Å². The first-order chi connectivity index (χ1) is 8.15. The monoisotopic (exact) mass is 235 g/mol. The zero-order valence-electron chi connectivity index (χ0n) is 9.69. The normalized spacial score (nSPS) is 10.7. The van der Waals surface area contributed by atoms with Crippen molar-refractivity contribution >= 4 is 11.6 Å². The Morgan fingerprint density at radius 2 is 2.24 bits per heavy atom. The molecule has 2 heterocycles. The van der Waals surface area contributed by atoms with Crippen molar-refractivity contribution in [3.8, 4) is 0 Å². The highest BCUT2D eigenvalue weighted by Crippen LogP contribution is 2.04. The summed E-state index contributed by atoms with van der Waals surface area (Å²) in [7, 11) is 0. The van der Waals surface area contributed by atoms with Crippen LogP contribution in [0.25, 0.3) is 5.65 Å². The van der Waals surface area contributed by atoms with Crippen LogP contribution in [0.1, 0.15) is 30.0 Å². The Morgan fingerprint density at radius 3 is 2.88 bits per heavy atom. The van der Waals surface area contributed by atoms with Gasteiger partial charge in [-0.15, -0.1) is 0 Å². The van der Waals surface area contributed by atoms with Gasteiger partial charge in [-0.05, 0) is 13.3 Å². The second-order valence-electron chi connectivity index (χ2n) is 3.52. The van der Waals surface area contributed by atoms with Crippen molar-refractivity contribution in [3.63, 3.8) is 0 Å². The molecule has 0 bridgehead atoms. The number of nitrogens with one attached hydrogen (secondary N) is 1. The summed E-state index contributed by atoms with van der Waals surface area (Å²) in [5.41, 5.74) is 1.12. The number of esters is 1. The fraction of sp³-hybridized carbons (Fsp3) is 0.364. The summed E-state index contributed by atoms with van der Waals surface area (Å²) < 4.78 is 6.07. The minimum Gasteiger partial charge on any atom is -0.461 e. The largest absolute Gasteiger partial charge is 0.461 e. The average molecular weight is 235 g/mol. The van der Waals surface area contributed by atoms with E-state index in [9.17, 15) is 9.59 Å². The first-order valence-corrected chi connectivity index (χ1v) is 5.44. The number of nitrogens with zero attached hydrogens (tertiary/aromatic N) is 2. The number of aromatic nitrogens is 3. The number of carbonyl (C=O) groups is 1. The molecule has 17 heavy (non-hydrogen) atoms. The number of hydrogen-bond donors (Lipinski definition) is 1. The van der Waals surface area contributed by atoms with Gasteiger partial charge in [0, 0.05) is 17.8 Å². The highest BCUT2D eigenvalue weighted by molar-refractivity contribution is 5.88.